The van der Waals surface area contributed by atoms with Crippen LogP contribution in [0.1, 0.15) is 11.4 Å². The van der Waals surface area contributed by atoms with E-state index in [1.165, 1.54) is 11.0 Å². The standard InChI is InChI=1S/C9H10N6OS/c1-5-3-6(7(10)17)13-9(12-5)16-8-11-4-15(2)14-8/h3-4H,1-2H3,(H2,10,17). The molecule has 0 radical (unpaired) electrons. The van der Waals surface area contributed by atoms with Gasteiger partial charge in [-0.2, -0.15) is 9.97 Å². The molecule has 2 heterocycles. The molecule has 0 aromatic carbocycles. The number of hydrogen-bond acceptors (Lipinski definition) is 6. The largest absolute Gasteiger partial charge is 0.388 e. The van der Waals surface area contributed by atoms with Crippen LogP contribution in [0.25, 0.3) is 0 Å². The van der Waals surface area contributed by atoms with Crippen LogP contribution in [0.4, 0.5) is 0 Å². The summed E-state index contributed by atoms with van der Waals surface area (Å²) in [6.45, 7) is 1.79. The minimum atomic E-state index is 0.124. The van der Waals surface area contributed by atoms with Crippen molar-refractivity contribution in [2.24, 2.45) is 12.8 Å². The maximum Gasteiger partial charge on any atom is 0.343 e. The van der Waals surface area contributed by atoms with Crippen molar-refractivity contribution in [2.45, 2.75) is 6.92 Å². The lowest BCUT2D eigenvalue weighted by molar-refractivity contribution is 0.403. The second kappa shape index (κ2) is 4.42. The topological polar surface area (TPSA) is 91.7 Å². The Morgan fingerprint density at radius 3 is 2.76 bits per heavy atom. The minimum absolute atomic E-state index is 0.124. The fourth-order valence-corrected chi connectivity index (χ4v) is 1.27. The highest BCUT2D eigenvalue weighted by Crippen LogP contribution is 2.13. The first-order valence-corrected chi connectivity index (χ1v) is 5.14. The highest BCUT2D eigenvalue weighted by atomic mass is 32.1. The lowest BCUT2D eigenvalue weighted by Crippen LogP contribution is -2.13. The Morgan fingerprint density at radius 2 is 2.18 bits per heavy atom. The van der Waals surface area contributed by atoms with Crippen molar-refractivity contribution in [3.05, 3.63) is 23.8 Å². The molecule has 0 aliphatic carbocycles. The summed E-state index contributed by atoms with van der Waals surface area (Å²) < 4.78 is 6.80. The third-order valence-corrected chi connectivity index (χ3v) is 2.06. The quantitative estimate of drug-likeness (QED) is 0.785. The highest BCUT2D eigenvalue weighted by Gasteiger charge is 2.08. The van der Waals surface area contributed by atoms with Crippen LogP contribution in [0.2, 0.25) is 0 Å². The summed E-state index contributed by atoms with van der Waals surface area (Å²) in [5.74, 6) is 0. The zero-order valence-corrected chi connectivity index (χ0v) is 10.1. The average molecular weight is 250 g/mol. The van der Waals surface area contributed by atoms with E-state index < -0.39 is 0 Å². The molecule has 0 unspecified atom stereocenters. The summed E-state index contributed by atoms with van der Waals surface area (Å²) in [4.78, 5) is 12.2. The summed E-state index contributed by atoms with van der Waals surface area (Å²) in [7, 11) is 1.73. The molecule has 0 saturated heterocycles. The summed E-state index contributed by atoms with van der Waals surface area (Å²) >= 11 is 4.85. The molecule has 0 saturated carbocycles. The lowest BCUT2D eigenvalue weighted by atomic mass is 10.3. The Kier molecular flexibility index (Phi) is 2.96. The Hall–Kier alpha value is -2.09. The Balaban J connectivity index is 2.29. The fraction of sp³-hybridized carbons (Fsp3) is 0.222. The molecule has 0 bridgehead atoms. The summed E-state index contributed by atoms with van der Waals surface area (Å²) in [6, 6.07) is 1.98. The van der Waals surface area contributed by atoms with Gasteiger partial charge in [0.1, 0.15) is 17.0 Å². The maximum atomic E-state index is 5.50. The minimum Gasteiger partial charge on any atom is -0.388 e. The summed E-state index contributed by atoms with van der Waals surface area (Å²) in [6.07, 6.45) is 1.51. The molecule has 88 valence electrons. The van der Waals surface area contributed by atoms with Gasteiger partial charge in [-0.15, -0.1) is 5.10 Å². The van der Waals surface area contributed by atoms with Crippen LogP contribution in [0, 0.1) is 6.92 Å². The first-order chi connectivity index (χ1) is 8.04. The number of nitrogens with two attached hydrogens (primary N) is 1. The zero-order valence-electron chi connectivity index (χ0n) is 9.28. The van der Waals surface area contributed by atoms with Gasteiger partial charge in [0.15, 0.2) is 0 Å². The van der Waals surface area contributed by atoms with Gasteiger partial charge in [0.25, 0.3) is 0 Å². The van der Waals surface area contributed by atoms with Crippen LogP contribution in [0.5, 0.6) is 12.0 Å². The molecular formula is C9H10N6OS. The highest BCUT2D eigenvalue weighted by molar-refractivity contribution is 7.80. The van der Waals surface area contributed by atoms with E-state index in [4.69, 9.17) is 22.7 Å². The SMILES string of the molecule is Cc1cc(C(N)=S)nc(Oc2ncn(C)n2)n1. The van der Waals surface area contributed by atoms with E-state index in [0.29, 0.717) is 11.4 Å². The van der Waals surface area contributed by atoms with E-state index in [1.807, 2.05) is 0 Å². The average Bonchev–Trinajstić information content (AvgIpc) is 2.63. The number of thiocarbonyl (C=S) groups is 1. The lowest BCUT2D eigenvalue weighted by Gasteiger charge is -2.03. The van der Waals surface area contributed by atoms with Crippen molar-refractivity contribution in [3.8, 4) is 12.0 Å². The smallest absolute Gasteiger partial charge is 0.343 e. The van der Waals surface area contributed by atoms with Crippen LogP contribution < -0.4 is 10.5 Å². The molecule has 7 nitrogen and oxygen atoms in total. The first-order valence-electron chi connectivity index (χ1n) is 4.73. The van der Waals surface area contributed by atoms with Crippen molar-refractivity contribution in [1.82, 2.24) is 24.7 Å². The van der Waals surface area contributed by atoms with E-state index in [2.05, 4.69) is 20.1 Å². The van der Waals surface area contributed by atoms with Crippen molar-refractivity contribution in [3.63, 3.8) is 0 Å². The molecular weight excluding hydrogens is 240 g/mol. The number of nitrogens with zero attached hydrogens (tertiary/aromatic N) is 5. The second-order valence-electron chi connectivity index (χ2n) is 3.34. The van der Waals surface area contributed by atoms with Gasteiger partial charge in [0.2, 0.25) is 0 Å². The molecule has 0 amide bonds. The van der Waals surface area contributed by atoms with E-state index in [1.54, 1.807) is 20.0 Å². The van der Waals surface area contributed by atoms with Gasteiger partial charge in [-0.05, 0) is 13.0 Å². The molecule has 2 aromatic rings. The van der Waals surface area contributed by atoms with Crippen molar-refractivity contribution < 1.29 is 4.74 Å². The van der Waals surface area contributed by atoms with Crippen LogP contribution in [0.15, 0.2) is 12.4 Å². The fourth-order valence-electron chi connectivity index (χ4n) is 1.16. The van der Waals surface area contributed by atoms with Gasteiger partial charge >= 0.3 is 12.0 Å². The predicted molar refractivity (Wildman–Crippen MR) is 63.7 cm³/mol. The molecule has 0 aliphatic rings. The van der Waals surface area contributed by atoms with Gasteiger partial charge < -0.3 is 10.5 Å². The number of rotatable bonds is 3. The first kappa shape index (κ1) is 11.4. The third-order valence-electron chi connectivity index (χ3n) is 1.85. The van der Waals surface area contributed by atoms with Crippen LogP contribution in [-0.4, -0.2) is 29.7 Å². The monoisotopic (exact) mass is 250 g/mol. The predicted octanol–water partition coefficient (Wildman–Crippen LogP) is 0.340. The van der Waals surface area contributed by atoms with Crippen LogP contribution in [-0.2, 0) is 7.05 Å². The van der Waals surface area contributed by atoms with Crippen molar-refractivity contribution >= 4 is 17.2 Å². The molecule has 0 fully saturated rings. The second-order valence-corrected chi connectivity index (χ2v) is 3.78. The Morgan fingerprint density at radius 1 is 1.41 bits per heavy atom. The number of ether oxygens (including phenoxy) is 1. The van der Waals surface area contributed by atoms with Gasteiger partial charge in [-0.25, -0.2) is 4.98 Å². The molecule has 0 atom stereocenters. The molecule has 8 heteroatoms. The number of aromatic nitrogens is 5. The maximum absolute atomic E-state index is 5.50. The summed E-state index contributed by atoms with van der Waals surface area (Å²) in [5, 5.41) is 3.95. The van der Waals surface area contributed by atoms with E-state index in [0.717, 1.165) is 0 Å². The molecule has 2 aromatic heterocycles. The summed E-state index contributed by atoms with van der Waals surface area (Å²) in [5.41, 5.74) is 6.66. The molecule has 2 N–H and O–H groups in total. The van der Waals surface area contributed by atoms with Crippen molar-refractivity contribution in [2.75, 3.05) is 0 Å². The van der Waals surface area contributed by atoms with Crippen LogP contribution in [0.3, 0.4) is 0 Å². The van der Waals surface area contributed by atoms with Gasteiger partial charge in [-0.1, -0.05) is 12.2 Å². The van der Waals surface area contributed by atoms with E-state index >= 15 is 0 Å². The normalized spacial score (nSPS) is 10.2. The van der Waals surface area contributed by atoms with Crippen LogP contribution >= 0.6 is 12.2 Å². The molecule has 0 spiro atoms. The molecule has 17 heavy (non-hydrogen) atoms. The van der Waals surface area contributed by atoms with Gasteiger partial charge in [0, 0.05) is 12.7 Å². The van der Waals surface area contributed by atoms with E-state index in [-0.39, 0.29) is 17.0 Å². The van der Waals surface area contributed by atoms with Gasteiger partial charge in [0.05, 0.1) is 0 Å². The number of aryl methyl sites for hydroxylation is 2. The Labute approximate surface area is 103 Å². The van der Waals surface area contributed by atoms with Gasteiger partial charge in [-0.3, -0.25) is 4.68 Å². The van der Waals surface area contributed by atoms with E-state index in [9.17, 15) is 0 Å². The zero-order chi connectivity index (χ0) is 12.4. The third kappa shape index (κ3) is 2.72. The number of hydrogen-bond donors (Lipinski definition) is 1. The Bertz CT molecular complexity index is 566. The molecule has 0 aliphatic heterocycles. The molecule has 2 rings (SSSR count). The van der Waals surface area contributed by atoms with Crippen molar-refractivity contribution in [1.29, 1.82) is 0 Å².